The number of hydrogen-bond donors (Lipinski definition) is 4. The molecule has 9 heteroatoms. The lowest BCUT2D eigenvalue weighted by Crippen LogP contribution is -2.30. The van der Waals surface area contributed by atoms with Crippen molar-refractivity contribution in [3.63, 3.8) is 0 Å². The minimum absolute atomic E-state index is 0.235. The summed E-state index contributed by atoms with van der Waals surface area (Å²) in [7, 11) is 0. The average Bonchev–Trinajstić information content (AvgIpc) is 3.62. The summed E-state index contributed by atoms with van der Waals surface area (Å²) in [6, 6.07) is 13.7. The van der Waals surface area contributed by atoms with Gasteiger partial charge in [-0.15, -0.1) is 0 Å². The Kier molecular flexibility index (Phi) is 5.61. The first-order valence-electron chi connectivity index (χ1n) is 12.1. The van der Waals surface area contributed by atoms with Crippen molar-refractivity contribution < 1.29 is 9.15 Å². The fourth-order valence-corrected chi connectivity index (χ4v) is 4.69. The van der Waals surface area contributed by atoms with Crippen molar-refractivity contribution in [2.45, 2.75) is 26.3 Å². The molecule has 186 valence electrons. The predicted octanol–water partition coefficient (Wildman–Crippen LogP) is 4.91. The number of anilines is 1. The second-order valence-corrected chi connectivity index (χ2v) is 9.22. The Labute approximate surface area is 212 Å². The van der Waals surface area contributed by atoms with Gasteiger partial charge in [0, 0.05) is 39.7 Å². The largest absolute Gasteiger partial charge is 0.488 e. The molecule has 1 atom stereocenters. The Balaban J connectivity index is 1.33. The van der Waals surface area contributed by atoms with Crippen LogP contribution in [-0.2, 0) is 6.42 Å². The number of ether oxygens (including phenoxy) is 1. The Morgan fingerprint density at radius 2 is 1.92 bits per heavy atom. The molecule has 0 amide bonds. The summed E-state index contributed by atoms with van der Waals surface area (Å²) >= 11 is 0. The van der Waals surface area contributed by atoms with Crippen molar-refractivity contribution in [3.8, 4) is 28.3 Å². The Morgan fingerprint density at radius 1 is 1.05 bits per heavy atom. The summed E-state index contributed by atoms with van der Waals surface area (Å²) in [5, 5.41) is 9.44. The number of hydrogen-bond acceptors (Lipinski definition) is 7. The molecule has 37 heavy (non-hydrogen) atoms. The number of rotatable bonds is 7. The van der Waals surface area contributed by atoms with Gasteiger partial charge in [0.05, 0.1) is 35.1 Å². The number of H-pyrrole nitrogens is 2. The summed E-state index contributed by atoms with van der Waals surface area (Å²) in [6.07, 6.45) is 6.07. The average molecular weight is 494 g/mol. The second kappa shape index (κ2) is 9.11. The van der Waals surface area contributed by atoms with Gasteiger partial charge < -0.3 is 25.6 Å². The van der Waals surface area contributed by atoms with Crippen LogP contribution in [0, 0.1) is 13.8 Å². The minimum atomic E-state index is -0.235. The minimum Gasteiger partial charge on any atom is -0.488 e. The van der Waals surface area contributed by atoms with Crippen LogP contribution >= 0.6 is 0 Å². The number of aryl methyl sites for hydroxylation is 2. The molecule has 1 aromatic carbocycles. The molecule has 5 aromatic heterocycles. The summed E-state index contributed by atoms with van der Waals surface area (Å²) in [6.45, 7) is 4.12. The molecule has 0 saturated heterocycles. The van der Waals surface area contributed by atoms with Crippen molar-refractivity contribution in [1.29, 1.82) is 0 Å². The molecule has 6 rings (SSSR count). The summed E-state index contributed by atoms with van der Waals surface area (Å²) in [5.74, 6) is 1.47. The lowest BCUT2D eigenvalue weighted by Gasteiger charge is -2.17. The molecule has 0 aliphatic rings. The van der Waals surface area contributed by atoms with E-state index in [2.05, 4.69) is 32.3 Å². The number of aromatic nitrogens is 5. The molecule has 0 saturated carbocycles. The highest BCUT2D eigenvalue weighted by Gasteiger charge is 2.20. The van der Waals surface area contributed by atoms with Crippen molar-refractivity contribution in [1.82, 2.24) is 25.1 Å². The van der Waals surface area contributed by atoms with Crippen molar-refractivity contribution in [2.24, 2.45) is 5.73 Å². The van der Waals surface area contributed by atoms with E-state index in [9.17, 15) is 0 Å². The van der Waals surface area contributed by atoms with Crippen LogP contribution in [-0.4, -0.2) is 37.8 Å². The number of aromatic amines is 2. The van der Waals surface area contributed by atoms with Crippen LogP contribution in [0.4, 0.5) is 5.82 Å². The topological polar surface area (TPSA) is 145 Å². The van der Waals surface area contributed by atoms with Gasteiger partial charge in [-0.25, -0.2) is 4.98 Å². The van der Waals surface area contributed by atoms with E-state index < -0.39 is 0 Å². The highest BCUT2D eigenvalue weighted by molar-refractivity contribution is 5.89. The fraction of sp³-hybridized carbons (Fsp3) is 0.179. The maximum Gasteiger partial charge on any atom is 0.166 e. The summed E-state index contributed by atoms with van der Waals surface area (Å²) < 4.78 is 11.7. The smallest absolute Gasteiger partial charge is 0.166 e. The van der Waals surface area contributed by atoms with E-state index in [0.717, 1.165) is 55.6 Å². The van der Waals surface area contributed by atoms with Gasteiger partial charge >= 0.3 is 0 Å². The van der Waals surface area contributed by atoms with Gasteiger partial charge in [0.15, 0.2) is 11.6 Å². The number of benzene rings is 1. The van der Waals surface area contributed by atoms with Crippen LogP contribution in [0.2, 0.25) is 0 Å². The van der Waals surface area contributed by atoms with E-state index in [0.29, 0.717) is 17.9 Å². The third kappa shape index (κ3) is 4.19. The zero-order valence-electron chi connectivity index (χ0n) is 20.6. The summed E-state index contributed by atoms with van der Waals surface area (Å²) in [4.78, 5) is 12.7. The van der Waals surface area contributed by atoms with Crippen LogP contribution < -0.4 is 16.2 Å². The molecule has 9 nitrogen and oxygen atoms in total. The SMILES string of the molecule is Cc1occc1-c1nc(N)c(OC[C@H](N)Cc2c[nH]c3ccccc23)cc1-c1cc2c(C)n[nH]c2cn1. The van der Waals surface area contributed by atoms with Crippen LogP contribution in [0.1, 0.15) is 17.0 Å². The van der Waals surface area contributed by atoms with E-state index in [4.69, 9.17) is 25.6 Å². The quantitative estimate of drug-likeness (QED) is 0.247. The maximum atomic E-state index is 6.46. The second-order valence-electron chi connectivity index (χ2n) is 9.22. The number of nitrogen functional groups attached to an aromatic ring is 1. The van der Waals surface area contributed by atoms with Gasteiger partial charge in [-0.2, -0.15) is 5.10 Å². The van der Waals surface area contributed by atoms with Crippen molar-refractivity contribution in [3.05, 3.63) is 78.1 Å². The molecule has 0 spiro atoms. The van der Waals surface area contributed by atoms with Gasteiger partial charge in [0.1, 0.15) is 12.4 Å². The maximum absolute atomic E-state index is 6.46. The van der Waals surface area contributed by atoms with E-state index in [-0.39, 0.29) is 18.5 Å². The number of nitrogens with one attached hydrogen (secondary N) is 2. The lowest BCUT2D eigenvalue weighted by molar-refractivity contribution is 0.288. The molecular formula is C28H27N7O2. The van der Waals surface area contributed by atoms with E-state index in [1.165, 1.54) is 0 Å². The van der Waals surface area contributed by atoms with E-state index >= 15 is 0 Å². The highest BCUT2D eigenvalue weighted by atomic mass is 16.5. The number of para-hydroxylation sites is 1. The molecule has 5 heterocycles. The van der Waals surface area contributed by atoms with E-state index in [1.54, 1.807) is 12.5 Å². The predicted molar refractivity (Wildman–Crippen MR) is 144 cm³/mol. The monoisotopic (exact) mass is 493 g/mol. The van der Waals surface area contributed by atoms with Crippen molar-refractivity contribution in [2.75, 3.05) is 12.3 Å². The normalized spacial score (nSPS) is 12.4. The molecule has 6 N–H and O–H groups in total. The standard InChI is InChI=1S/C28H27N7O2/c1-15-21-10-24(32-13-25(21)35-34-15)22-11-26(28(30)33-27(22)19-7-8-36-16(19)2)37-14-18(29)9-17-12-31-23-6-4-3-5-20(17)23/h3-8,10-13,18,31H,9,14,29H2,1-2H3,(H2,30,33)(H,34,35)/t18-/m1/s1. The zero-order chi connectivity index (χ0) is 25.5. The van der Waals surface area contributed by atoms with Gasteiger partial charge in [-0.1, -0.05) is 18.2 Å². The lowest BCUT2D eigenvalue weighted by atomic mass is 10.0. The highest BCUT2D eigenvalue weighted by Crippen LogP contribution is 2.38. The molecule has 0 fully saturated rings. The molecule has 0 bridgehead atoms. The van der Waals surface area contributed by atoms with Gasteiger partial charge in [-0.3, -0.25) is 10.1 Å². The van der Waals surface area contributed by atoms with Crippen LogP contribution in [0.25, 0.3) is 44.3 Å². The number of nitrogens with zero attached hydrogens (tertiary/aromatic N) is 3. The first-order valence-corrected chi connectivity index (χ1v) is 12.1. The molecule has 0 radical (unpaired) electrons. The zero-order valence-corrected chi connectivity index (χ0v) is 20.6. The third-order valence-corrected chi connectivity index (χ3v) is 6.65. The van der Waals surface area contributed by atoms with E-state index in [1.807, 2.05) is 50.4 Å². The van der Waals surface area contributed by atoms with Crippen LogP contribution in [0.5, 0.6) is 5.75 Å². The first-order chi connectivity index (χ1) is 18.0. The molecular weight excluding hydrogens is 466 g/mol. The Hall–Kier alpha value is -4.63. The van der Waals surface area contributed by atoms with Gasteiger partial charge in [-0.05, 0) is 50.1 Å². The number of nitrogens with two attached hydrogens (primary N) is 2. The molecule has 6 aromatic rings. The van der Waals surface area contributed by atoms with Crippen LogP contribution in [0.3, 0.4) is 0 Å². The molecule has 0 aliphatic heterocycles. The van der Waals surface area contributed by atoms with Crippen LogP contribution in [0.15, 0.2) is 65.5 Å². The van der Waals surface area contributed by atoms with Gasteiger partial charge in [0.2, 0.25) is 0 Å². The molecule has 0 aliphatic carbocycles. The Bertz CT molecular complexity index is 1730. The third-order valence-electron chi connectivity index (χ3n) is 6.65. The summed E-state index contributed by atoms with van der Waals surface area (Å²) in [5.41, 5.74) is 19.9. The fourth-order valence-electron chi connectivity index (χ4n) is 4.69. The number of furan rings is 1. The Morgan fingerprint density at radius 3 is 2.76 bits per heavy atom. The van der Waals surface area contributed by atoms with Gasteiger partial charge in [0.25, 0.3) is 0 Å². The number of pyridine rings is 2. The molecule has 0 unspecified atom stereocenters. The first kappa shape index (κ1) is 22.8. The van der Waals surface area contributed by atoms with Crippen molar-refractivity contribution >= 4 is 27.6 Å². The number of fused-ring (bicyclic) bond motifs is 2.